The van der Waals surface area contributed by atoms with E-state index in [0.717, 1.165) is 22.2 Å². The molecule has 2 aromatic heterocycles. The van der Waals surface area contributed by atoms with E-state index in [1.807, 2.05) is 6.07 Å². The highest BCUT2D eigenvalue weighted by molar-refractivity contribution is 9.10. The van der Waals surface area contributed by atoms with Crippen LogP contribution in [0.1, 0.15) is 25.7 Å². The van der Waals surface area contributed by atoms with Crippen molar-refractivity contribution in [2.24, 2.45) is 0 Å². The van der Waals surface area contributed by atoms with Crippen LogP contribution in [0.25, 0.3) is 11.2 Å². The monoisotopic (exact) mass is 337 g/mol. The Bertz CT molecular complexity index is 628. The standard InChI is InChI=1S/C14H20BrN5/c1-19(2)14(5-3-4-6-14)9-20-12-11(18-13(20)16)7-10(15)8-17-12/h7-8H,3-6,9H2,1-2H3,(H2,16,18). The van der Waals surface area contributed by atoms with E-state index in [-0.39, 0.29) is 5.54 Å². The zero-order valence-electron chi connectivity index (χ0n) is 11.9. The smallest absolute Gasteiger partial charge is 0.202 e. The van der Waals surface area contributed by atoms with Crippen molar-refractivity contribution in [3.8, 4) is 0 Å². The first kappa shape index (κ1) is 13.8. The second-order valence-corrected chi connectivity index (χ2v) is 6.79. The lowest BCUT2D eigenvalue weighted by atomic mass is 9.96. The number of imidazole rings is 1. The summed E-state index contributed by atoms with van der Waals surface area (Å²) in [6, 6.07) is 1.96. The zero-order chi connectivity index (χ0) is 14.3. The molecule has 0 spiro atoms. The molecular weight excluding hydrogens is 318 g/mol. The summed E-state index contributed by atoms with van der Waals surface area (Å²) in [6.45, 7) is 0.858. The largest absolute Gasteiger partial charge is 0.369 e. The van der Waals surface area contributed by atoms with Crippen LogP contribution in [0.3, 0.4) is 0 Å². The van der Waals surface area contributed by atoms with Crippen molar-refractivity contribution < 1.29 is 0 Å². The highest BCUT2D eigenvalue weighted by Crippen LogP contribution is 2.36. The molecule has 0 aromatic carbocycles. The van der Waals surface area contributed by atoms with Gasteiger partial charge in [0, 0.05) is 22.8 Å². The predicted octanol–water partition coefficient (Wildman–Crippen LogP) is 2.65. The normalized spacial score (nSPS) is 18.2. The van der Waals surface area contributed by atoms with Crippen LogP contribution < -0.4 is 5.73 Å². The van der Waals surface area contributed by atoms with Crippen LogP contribution in [0.15, 0.2) is 16.7 Å². The Balaban J connectivity index is 2.04. The van der Waals surface area contributed by atoms with Gasteiger partial charge in [0.1, 0.15) is 5.52 Å². The average Bonchev–Trinajstić information content (AvgIpc) is 2.96. The number of nitrogens with two attached hydrogens (primary N) is 1. The fraction of sp³-hybridized carbons (Fsp3) is 0.571. The number of hydrogen-bond acceptors (Lipinski definition) is 4. The molecule has 0 saturated heterocycles. The number of fused-ring (bicyclic) bond motifs is 1. The molecule has 2 aromatic rings. The molecule has 0 atom stereocenters. The first-order chi connectivity index (χ1) is 9.52. The van der Waals surface area contributed by atoms with E-state index >= 15 is 0 Å². The number of nitrogen functional groups attached to an aromatic ring is 1. The number of halogens is 1. The molecule has 1 fully saturated rings. The van der Waals surface area contributed by atoms with Gasteiger partial charge in [-0.3, -0.25) is 4.57 Å². The van der Waals surface area contributed by atoms with Crippen LogP contribution in [0, 0.1) is 0 Å². The average molecular weight is 338 g/mol. The summed E-state index contributed by atoms with van der Waals surface area (Å²) in [6.07, 6.45) is 6.77. The van der Waals surface area contributed by atoms with E-state index in [1.165, 1.54) is 25.7 Å². The second-order valence-electron chi connectivity index (χ2n) is 5.88. The molecule has 5 nitrogen and oxygen atoms in total. The fourth-order valence-electron chi connectivity index (χ4n) is 3.23. The summed E-state index contributed by atoms with van der Waals surface area (Å²) in [5.74, 6) is 0.554. The highest BCUT2D eigenvalue weighted by Gasteiger charge is 2.37. The molecular formula is C14H20BrN5. The van der Waals surface area contributed by atoms with Gasteiger partial charge in [-0.25, -0.2) is 9.97 Å². The van der Waals surface area contributed by atoms with E-state index < -0.39 is 0 Å². The number of rotatable bonds is 3. The molecule has 0 aliphatic heterocycles. The Kier molecular flexibility index (Phi) is 3.46. The maximum Gasteiger partial charge on any atom is 0.202 e. The van der Waals surface area contributed by atoms with Crippen molar-refractivity contribution in [3.63, 3.8) is 0 Å². The van der Waals surface area contributed by atoms with Gasteiger partial charge in [-0.15, -0.1) is 0 Å². The number of pyridine rings is 1. The summed E-state index contributed by atoms with van der Waals surface area (Å²) in [5.41, 5.74) is 8.02. The highest BCUT2D eigenvalue weighted by atomic mass is 79.9. The van der Waals surface area contributed by atoms with Gasteiger partial charge < -0.3 is 10.6 Å². The Hall–Kier alpha value is -1.14. The third-order valence-electron chi connectivity index (χ3n) is 4.52. The van der Waals surface area contributed by atoms with Gasteiger partial charge in [0.05, 0.1) is 0 Å². The molecule has 6 heteroatoms. The number of nitrogens with zero attached hydrogens (tertiary/aromatic N) is 4. The number of aromatic nitrogens is 3. The van der Waals surface area contributed by atoms with Gasteiger partial charge >= 0.3 is 0 Å². The Morgan fingerprint density at radius 2 is 2.10 bits per heavy atom. The van der Waals surface area contributed by atoms with Gasteiger partial charge in [-0.05, 0) is 48.9 Å². The molecule has 2 N–H and O–H groups in total. The Morgan fingerprint density at radius 3 is 2.75 bits per heavy atom. The van der Waals surface area contributed by atoms with Crippen molar-refractivity contribution in [2.45, 2.75) is 37.8 Å². The van der Waals surface area contributed by atoms with E-state index in [4.69, 9.17) is 5.73 Å². The minimum absolute atomic E-state index is 0.177. The summed E-state index contributed by atoms with van der Waals surface area (Å²) < 4.78 is 2.99. The predicted molar refractivity (Wildman–Crippen MR) is 84.5 cm³/mol. The van der Waals surface area contributed by atoms with Gasteiger partial charge in [-0.1, -0.05) is 12.8 Å². The molecule has 1 saturated carbocycles. The van der Waals surface area contributed by atoms with Gasteiger partial charge in [-0.2, -0.15) is 0 Å². The van der Waals surface area contributed by atoms with Crippen LogP contribution in [0.4, 0.5) is 5.95 Å². The van der Waals surface area contributed by atoms with E-state index in [2.05, 4.69) is 49.5 Å². The SMILES string of the molecule is CN(C)C1(Cn2c(N)nc3cc(Br)cnc32)CCCC1. The lowest BCUT2D eigenvalue weighted by Gasteiger charge is -2.36. The quantitative estimate of drug-likeness (QED) is 0.935. The van der Waals surface area contributed by atoms with Gasteiger partial charge in [0.25, 0.3) is 0 Å². The van der Waals surface area contributed by atoms with Gasteiger partial charge in [0.2, 0.25) is 5.95 Å². The first-order valence-corrected chi connectivity index (χ1v) is 7.76. The molecule has 1 aliphatic rings. The molecule has 20 heavy (non-hydrogen) atoms. The molecule has 0 unspecified atom stereocenters. The molecule has 0 amide bonds. The molecule has 0 bridgehead atoms. The summed E-state index contributed by atoms with van der Waals surface area (Å²) in [7, 11) is 4.31. The fourth-order valence-corrected chi connectivity index (χ4v) is 3.55. The van der Waals surface area contributed by atoms with E-state index in [1.54, 1.807) is 6.20 Å². The van der Waals surface area contributed by atoms with Crippen LogP contribution in [-0.2, 0) is 6.54 Å². The third kappa shape index (κ3) is 2.20. The lowest BCUT2D eigenvalue weighted by Crippen LogP contribution is -2.45. The molecule has 0 radical (unpaired) electrons. The van der Waals surface area contributed by atoms with Crippen LogP contribution in [0.2, 0.25) is 0 Å². The number of likely N-dealkylation sites (N-methyl/N-ethyl adjacent to an activating group) is 1. The molecule has 2 heterocycles. The maximum absolute atomic E-state index is 6.12. The van der Waals surface area contributed by atoms with Crippen LogP contribution >= 0.6 is 15.9 Å². The minimum atomic E-state index is 0.177. The Labute approximate surface area is 127 Å². The number of anilines is 1. The zero-order valence-corrected chi connectivity index (χ0v) is 13.5. The van der Waals surface area contributed by atoms with E-state index in [9.17, 15) is 0 Å². The minimum Gasteiger partial charge on any atom is -0.369 e. The summed E-state index contributed by atoms with van der Waals surface area (Å²) in [5, 5.41) is 0. The van der Waals surface area contributed by atoms with Crippen molar-refractivity contribution in [1.29, 1.82) is 0 Å². The molecule has 1 aliphatic carbocycles. The summed E-state index contributed by atoms with van der Waals surface area (Å²) in [4.78, 5) is 11.3. The number of hydrogen-bond donors (Lipinski definition) is 1. The van der Waals surface area contributed by atoms with Crippen molar-refractivity contribution >= 4 is 33.0 Å². The van der Waals surface area contributed by atoms with Gasteiger partial charge in [0.15, 0.2) is 5.65 Å². The van der Waals surface area contributed by atoms with E-state index in [0.29, 0.717) is 5.95 Å². The van der Waals surface area contributed by atoms with Crippen LogP contribution in [-0.4, -0.2) is 39.1 Å². The molecule has 3 rings (SSSR count). The maximum atomic E-state index is 6.12. The second kappa shape index (κ2) is 5.00. The third-order valence-corrected chi connectivity index (χ3v) is 4.95. The molecule has 108 valence electrons. The Morgan fingerprint density at radius 1 is 1.40 bits per heavy atom. The summed E-state index contributed by atoms with van der Waals surface area (Å²) >= 11 is 3.43. The first-order valence-electron chi connectivity index (χ1n) is 6.96. The lowest BCUT2D eigenvalue weighted by molar-refractivity contribution is 0.136. The topological polar surface area (TPSA) is 60.0 Å². The van der Waals surface area contributed by atoms with Crippen molar-refractivity contribution in [1.82, 2.24) is 19.4 Å². The van der Waals surface area contributed by atoms with Crippen molar-refractivity contribution in [2.75, 3.05) is 19.8 Å². The van der Waals surface area contributed by atoms with Crippen LogP contribution in [0.5, 0.6) is 0 Å². The van der Waals surface area contributed by atoms with Crippen molar-refractivity contribution in [3.05, 3.63) is 16.7 Å².